The molecule has 242 valence electrons. The van der Waals surface area contributed by atoms with Gasteiger partial charge in [-0.2, -0.15) is 0 Å². The van der Waals surface area contributed by atoms with Crippen LogP contribution >= 0.6 is 11.3 Å². The van der Waals surface area contributed by atoms with E-state index < -0.39 is 17.8 Å². The standard InChI is InChI=1S/C32H36FN7O5S/c1-19-21(3-2-4-22(19)33)25-24(28(41)42)23(35-26(36-25)27-34-5-12-46-27)15-37-6-7-39-20(13-37)14-40(30(39)44)32-16-31(17-32,18-32)29(43)38-8-10-45-11-9-38/h2-5,12,20,25H,6-11,13-18H2,1H3,(H,35,36)(H,41,42). The van der Waals surface area contributed by atoms with E-state index in [1.165, 1.54) is 17.4 Å². The van der Waals surface area contributed by atoms with Crippen molar-refractivity contribution in [1.82, 2.24) is 29.9 Å². The molecule has 9 rings (SSSR count). The topological polar surface area (TPSA) is 131 Å². The molecule has 2 aromatic rings. The number of piperazine rings is 1. The van der Waals surface area contributed by atoms with E-state index in [0.717, 1.165) is 19.3 Å². The molecule has 6 fully saturated rings. The number of benzene rings is 1. The second kappa shape index (κ2) is 10.8. The van der Waals surface area contributed by atoms with Gasteiger partial charge in [0.25, 0.3) is 0 Å². The predicted octanol–water partition coefficient (Wildman–Crippen LogP) is 2.22. The Labute approximate surface area is 269 Å². The minimum absolute atomic E-state index is 0.0352. The number of aliphatic carboxylic acids is 1. The molecule has 1 aromatic carbocycles. The number of ether oxygens (including phenoxy) is 1. The Balaban J connectivity index is 0.996. The van der Waals surface area contributed by atoms with E-state index >= 15 is 0 Å². The number of aromatic nitrogens is 1. The van der Waals surface area contributed by atoms with Gasteiger partial charge in [-0.25, -0.2) is 19.0 Å². The zero-order valence-corrected chi connectivity index (χ0v) is 26.4. The third-order valence-corrected chi connectivity index (χ3v) is 11.5. The van der Waals surface area contributed by atoms with Gasteiger partial charge in [-0.05, 0) is 43.4 Å². The lowest BCUT2D eigenvalue weighted by Crippen LogP contribution is -2.79. The number of nitrogens with one attached hydrogen (secondary N) is 1. The van der Waals surface area contributed by atoms with Crippen LogP contribution in [0.4, 0.5) is 9.18 Å². The highest BCUT2D eigenvalue weighted by Crippen LogP contribution is 2.71. The summed E-state index contributed by atoms with van der Waals surface area (Å²) in [5.41, 5.74) is 0.849. The van der Waals surface area contributed by atoms with Gasteiger partial charge in [0.2, 0.25) is 5.91 Å². The number of hydrogen-bond donors (Lipinski definition) is 2. The van der Waals surface area contributed by atoms with Crippen LogP contribution in [0.2, 0.25) is 0 Å². The molecule has 2 atom stereocenters. The molecule has 12 nitrogen and oxygen atoms in total. The number of rotatable bonds is 7. The smallest absolute Gasteiger partial charge is 0.335 e. The molecule has 3 saturated heterocycles. The number of urea groups is 1. The van der Waals surface area contributed by atoms with Crippen LogP contribution < -0.4 is 5.32 Å². The molecular weight excluding hydrogens is 613 g/mol. The summed E-state index contributed by atoms with van der Waals surface area (Å²) in [6.07, 6.45) is 3.84. The minimum Gasteiger partial charge on any atom is -0.478 e. The first-order chi connectivity index (χ1) is 22.2. The Morgan fingerprint density at radius 3 is 2.65 bits per heavy atom. The zero-order chi connectivity index (χ0) is 31.8. The van der Waals surface area contributed by atoms with Crippen LogP contribution in [0.15, 0.2) is 46.0 Å². The number of hydrogen-bond acceptors (Lipinski definition) is 9. The fourth-order valence-corrected chi connectivity index (χ4v) is 9.04. The van der Waals surface area contributed by atoms with Crippen molar-refractivity contribution < 1.29 is 28.6 Å². The van der Waals surface area contributed by atoms with Crippen molar-refractivity contribution in [1.29, 1.82) is 0 Å². The summed E-state index contributed by atoms with van der Waals surface area (Å²) in [5, 5.41) is 16.2. The first-order valence-electron chi connectivity index (χ1n) is 15.8. The van der Waals surface area contributed by atoms with E-state index in [2.05, 4.69) is 15.2 Å². The molecule has 0 radical (unpaired) electrons. The van der Waals surface area contributed by atoms with Crippen LogP contribution in [0, 0.1) is 18.2 Å². The molecule has 3 saturated carbocycles. The SMILES string of the molecule is Cc1c(F)cccc1C1N=C(c2nccs2)NC(CN2CCN3C(=O)N(C45CC(C(=O)N6CCOCC6)(C4)C5)CC3C2)=C1C(=O)O. The second-order valence-corrected chi connectivity index (χ2v) is 14.3. The highest BCUT2D eigenvalue weighted by atomic mass is 32.1. The lowest BCUT2D eigenvalue weighted by atomic mass is 9.38. The highest BCUT2D eigenvalue weighted by Gasteiger charge is 2.76. The van der Waals surface area contributed by atoms with Crippen LogP contribution in [-0.2, 0) is 14.3 Å². The molecule has 7 aliphatic rings. The Morgan fingerprint density at radius 2 is 1.93 bits per heavy atom. The summed E-state index contributed by atoms with van der Waals surface area (Å²) in [6, 6.07) is 3.75. The number of halogens is 1. The predicted molar refractivity (Wildman–Crippen MR) is 166 cm³/mol. The Morgan fingerprint density at radius 1 is 1.15 bits per heavy atom. The molecule has 14 heteroatoms. The monoisotopic (exact) mass is 649 g/mol. The minimum atomic E-state index is -1.12. The highest BCUT2D eigenvalue weighted by molar-refractivity contribution is 7.11. The second-order valence-electron chi connectivity index (χ2n) is 13.4. The third-order valence-electron chi connectivity index (χ3n) is 10.7. The number of carbonyl (C=O) groups is 3. The first-order valence-corrected chi connectivity index (χ1v) is 16.7. The van der Waals surface area contributed by atoms with Crippen LogP contribution in [-0.4, -0.2) is 124 Å². The maximum Gasteiger partial charge on any atom is 0.335 e. The number of thiazole rings is 1. The van der Waals surface area contributed by atoms with Crippen molar-refractivity contribution in [3.8, 4) is 0 Å². The summed E-state index contributed by atoms with van der Waals surface area (Å²) in [4.78, 5) is 56.8. The summed E-state index contributed by atoms with van der Waals surface area (Å²) >= 11 is 1.39. The Kier molecular flexibility index (Phi) is 6.96. The number of carboxylic acid groups (broad SMARTS) is 1. The number of carboxylic acids is 1. The number of aliphatic imine (C=N–C) groups is 1. The van der Waals surface area contributed by atoms with Gasteiger partial charge in [0.05, 0.1) is 30.2 Å². The van der Waals surface area contributed by atoms with Gasteiger partial charge in [-0.1, -0.05) is 12.1 Å². The molecule has 2 N–H and O–H groups in total. The number of amidine groups is 1. The summed E-state index contributed by atoms with van der Waals surface area (Å²) in [6.45, 7) is 6.65. The van der Waals surface area contributed by atoms with Crippen molar-refractivity contribution >= 4 is 35.1 Å². The maximum atomic E-state index is 14.6. The third kappa shape index (κ3) is 4.55. The Hall–Kier alpha value is -3.88. The van der Waals surface area contributed by atoms with Gasteiger partial charge in [0, 0.05) is 68.6 Å². The van der Waals surface area contributed by atoms with Crippen molar-refractivity contribution in [3.05, 3.63) is 63.0 Å². The number of morpholine rings is 1. The molecule has 0 spiro atoms. The lowest BCUT2D eigenvalue weighted by Gasteiger charge is -2.72. The van der Waals surface area contributed by atoms with Gasteiger partial charge in [0.1, 0.15) is 11.9 Å². The van der Waals surface area contributed by atoms with Crippen molar-refractivity contribution in [2.75, 3.05) is 59.0 Å². The first kappa shape index (κ1) is 29.5. The fourth-order valence-electron chi connectivity index (χ4n) is 8.45. The van der Waals surface area contributed by atoms with Gasteiger partial charge >= 0.3 is 12.0 Å². The van der Waals surface area contributed by atoms with Crippen molar-refractivity contribution in [3.63, 3.8) is 0 Å². The quantitative estimate of drug-likeness (QED) is 0.467. The van der Waals surface area contributed by atoms with E-state index in [9.17, 15) is 23.9 Å². The number of amides is 3. The van der Waals surface area contributed by atoms with E-state index in [-0.39, 0.29) is 34.5 Å². The van der Waals surface area contributed by atoms with E-state index in [1.54, 1.807) is 25.3 Å². The van der Waals surface area contributed by atoms with Crippen LogP contribution in [0.3, 0.4) is 0 Å². The summed E-state index contributed by atoms with van der Waals surface area (Å²) in [5.74, 6) is -0.875. The van der Waals surface area contributed by atoms with Gasteiger partial charge in [-0.15, -0.1) is 11.3 Å². The number of carbonyl (C=O) groups excluding carboxylic acids is 2. The fraction of sp³-hybridized carbons (Fsp3) is 0.531. The molecular formula is C32H36FN7O5S. The molecule has 3 amide bonds. The van der Waals surface area contributed by atoms with Gasteiger partial charge in [0.15, 0.2) is 10.8 Å². The number of nitrogens with zero attached hydrogens (tertiary/aromatic N) is 6. The van der Waals surface area contributed by atoms with Gasteiger partial charge < -0.3 is 29.9 Å². The molecule has 3 aliphatic carbocycles. The van der Waals surface area contributed by atoms with Crippen molar-refractivity contribution in [2.24, 2.45) is 10.4 Å². The average Bonchev–Trinajstić information content (AvgIpc) is 3.66. The van der Waals surface area contributed by atoms with E-state index in [4.69, 9.17) is 9.73 Å². The largest absolute Gasteiger partial charge is 0.478 e. The van der Waals surface area contributed by atoms with Crippen LogP contribution in [0.25, 0.3) is 0 Å². The average molecular weight is 650 g/mol. The molecule has 1 aromatic heterocycles. The van der Waals surface area contributed by atoms with E-state index in [0.29, 0.717) is 86.7 Å². The molecule has 2 unspecified atom stereocenters. The van der Waals surface area contributed by atoms with E-state index in [1.807, 2.05) is 20.1 Å². The zero-order valence-electron chi connectivity index (χ0n) is 25.6. The normalized spacial score (nSPS) is 30.8. The summed E-state index contributed by atoms with van der Waals surface area (Å²) in [7, 11) is 0. The molecule has 46 heavy (non-hydrogen) atoms. The van der Waals surface area contributed by atoms with Gasteiger partial charge in [-0.3, -0.25) is 14.7 Å². The molecule has 4 aliphatic heterocycles. The van der Waals surface area contributed by atoms with Crippen LogP contribution in [0.5, 0.6) is 0 Å². The van der Waals surface area contributed by atoms with Crippen molar-refractivity contribution in [2.45, 2.75) is 43.8 Å². The lowest BCUT2D eigenvalue weighted by molar-refractivity contribution is -0.215. The molecule has 5 heterocycles. The Bertz CT molecular complexity index is 1650. The van der Waals surface area contributed by atoms with Crippen LogP contribution in [0.1, 0.15) is 41.4 Å². The molecule has 2 bridgehead atoms. The number of fused-ring (bicyclic) bond motifs is 1. The maximum absolute atomic E-state index is 14.6. The summed E-state index contributed by atoms with van der Waals surface area (Å²) < 4.78 is 20.1.